The number of carbonyl (C=O) groups excluding carboxylic acids is 2. The van der Waals surface area contributed by atoms with Crippen molar-refractivity contribution in [2.45, 2.75) is 70.0 Å². The largest absolute Gasteiger partial charge is 0.472 e. The zero-order valence-corrected chi connectivity index (χ0v) is 21.6. The molecular weight excluding hydrogens is 474 g/mol. The lowest BCUT2D eigenvalue weighted by Gasteiger charge is -2.45. The van der Waals surface area contributed by atoms with E-state index < -0.39 is 46.9 Å². The van der Waals surface area contributed by atoms with Gasteiger partial charge in [0.15, 0.2) is 6.10 Å². The molecule has 1 aromatic heterocycles. The molecule has 1 aromatic carbocycles. The Hall–Kier alpha value is -3.10. The molecular formula is C29H33NO7. The highest BCUT2D eigenvalue weighted by molar-refractivity contribution is 5.79. The third-order valence-electron chi connectivity index (χ3n) is 9.96. The van der Waals surface area contributed by atoms with Crippen LogP contribution in [-0.4, -0.2) is 41.6 Å². The second-order valence-corrected chi connectivity index (χ2v) is 11.5. The molecule has 3 unspecified atom stereocenters. The van der Waals surface area contributed by atoms with E-state index in [0.29, 0.717) is 18.4 Å². The van der Waals surface area contributed by atoms with Crippen LogP contribution in [0.5, 0.6) is 0 Å². The summed E-state index contributed by atoms with van der Waals surface area (Å²) < 4.78 is 23.0. The van der Waals surface area contributed by atoms with Crippen molar-refractivity contribution in [1.29, 1.82) is 0 Å². The molecule has 3 fully saturated rings. The number of alkyl carbamates (subject to hydrolysis) is 1. The van der Waals surface area contributed by atoms with Crippen LogP contribution in [0.2, 0.25) is 0 Å². The molecule has 2 heterocycles. The Bertz CT molecular complexity index is 1280. The lowest BCUT2D eigenvalue weighted by atomic mass is 9.59. The van der Waals surface area contributed by atoms with Crippen LogP contribution in [0, 0.1) is 16.7 Å². The summed E-state index contributed by atoms with van der Waals surface area (Å²) in [5, 5.41) is 13.6. The number of fused-ring (bicyclic) bond motifs is 3. The maximum Gasteiger partial charge on any atom is 0.407 e. The first-order chi connectivity index (χ1) is 17.5. The number of esters is 1. The number of aliphatic hydroxyl groups excluding tert-OH is 1. The normalized spacial score (nSPS) is 35.5. The Labute approximate surface area is 216 Å². The molecule has 2 bridgehead atoms. The molecule has 7 atom stereocenters. The van der Waals surface area contributed by atoms with Crippen LogP contribution in [0.1, 0.15) is 63.3 Å². The van der Waals surface area contributed by atoms with E-state index in [1.165, 1.54) is 18.1 Å². The summed E-state index contributed by atoms with van der Waals surface area (Å²) in [4.78, 5) is 25.5. The number of furan rings is 1. The van der Waals surface area contributed by atoms with Crippen molar-refractivity contribution in [3.8, 4) is 0 Å². The minimum atomic E-state index is -1.66. The summed E-state index contributed by atoms with van der Waals surface area (Å²) in [6, 6.07) is 8.82. The van der Waals surface area contributed by atoms with Gasteiger partial charge in [0.05, 0.1) is 25.2 Å². The SMILES string of the molecule is C=C1C[C@@]23O[C@]2(c2ccccc21)C1CC(OC(=O)[C@H](O)[C@@H](NC(=O)OCC)c2ccoc2)C3(C)C1(C)C. The van der Waals surface area contributed by atoms with Gasteiger partial charge in [-0.05, 0) is 41.5 Å². The standard InChI is InChI=1S/C29H33NO7/c1-6-35-25(33)30-22(17-11-12-34-15-17)23(31)24(32)36-21-13-20-26(3,4)27(21,5)28-14-16(2)18-9-7-8-10-19(18)29(20,28)37-28/h7-12,15,20-23,31H,2,6,13-14H2,1,3-5H3,(H,30,33)/t20?,21?,22-,23+,27?,28-,29+/m0/s1. The predicted octanol–water partition coefficient (Wildman–Crippen LogP) is 4.49. The van der Waals surface area contributed by atoms with Crippen molar-refractivity contribution >= 4 is 17.6 Å². The smallest absolute Gasteiger partial charge is 0.407 e. The summed E-state index contributed by atoms with van der Waals surface area (Å²) in [6.45, 7) is 12.8. The maximum absolute atomic E-state index is 13.4. The average molecular weight is 508 g/mol. The molecule has 3 aliphatic carbocycles. The molecule has 8 nitrogen and oxygen atoms in total. The number of benzene rings is 1. The van der Waals surface area contributed by atoms with Gasteiger partial charge in [-0.15, -0.1) is 0 Å². The van der Waals surface area contributed by atoms with E-state index in [2.05, 4.69) is 44.8 Å². The number of nitrogens with one attached hydrogen (secondary N) is 1. The van der Waals surface area contributed by atoms with Crippen LogP contribution in [-0.2, 0) is 24.6 Å². The Balaban J connectivity index is 1.29. The van der Waals surface area contributed by atoms with Crippen LogP contribution in [0.4, 0.5) is 4.79 Å². The van der Waals surface area contributed by atoms with Crippen LogP contribution in [0.3, 0.4) is 0 Å². The molecule has 1 saturated heterocycles. The Kier molecular flexibility index (Phi) is 5.05. The first-order valence-electron chi connectivity index (χ1n) is 12.9. The Morgan fingerprint density at radius 2 is 2.00 bits per heavy atom. The highest BCUT2D eigenvalue weighted by Crippen LogP contribution is 2.89. The fraction of sp³-hybridized carbons (Fsp3) is 0.517. The second kappa shape index (κ2) is 7.71. The predicted molar refractivity (Wildman–Crippen MR) is 133 cm³/mol. The number of carbonyl (C=O) groups is 2. The van der Waals surface area contributed by atoms with Gasteiger partial charge in [0, 0.05) is 23.3 Å². The maximum atomic E-state index is 13.4. The molecule has 1 amide bonds. The van der Waals surface area contributed by atoms with Gasteiger partial charge in [-0.3, -0.25) is 0 Å². The van der Waals surface area contributed by atoms with Crippen molar-refractivity contribution in [3.05, 3.63) is 66.1 Å². The summed E-state index contributed by atoms with van der Waals surface area (Å²) in [6.07, 6.45) is 1.18. The molecule has 196 valence electrons. The molecule has 2 N–H and O–H groups in total. The molecule has 2 saturated carbocycles. The minimum Gasteiger partial charge on any atom is -0.472 e. The summed E-state index contributed by atoms with van der Waals surface area (Å²) in [5.41, 5.74) is 2.12. The van der Waals surface area contributed by atoms with Gasteiger partial charge in [0.2, 0.25) is 0 Å². The molecule has 8 heteroatoms. The van der Waals surface area contributed by atoms with Gasteiger partial charge in [-0.2, -0.15) is 0 Å². The van der Waals surface area contributed by atoms with E-state index in [1.807, 2.05) is 12.1 Å². The lowest BCUT2D eigenvalue weighted by molar-refractivity contribution is -0.172. The monoisotopic (exact) mass is 507 g/mol. The summed E-state index contributed by atoms with van der Waals surface area (Å²) >= 11 is 0. The topological polar surface area (TPSA) is 111 Å². The molecule has 1 aliphatic heterocycles. The number of hydrogen-bond acceptors (Lipinski definition) is 7. The Morgan fingerprint density at radius 3 is 2.70 bits per heavy atom. The number of hydrogen-bond donors (Lipinski definition) is 2. The molecule has 37 heavy (non-hydrogen) atoms. The highest BCUT2D eigenvalue weighted by atomic mass is 16.6. The fourth-order valence-corrected chi connectivity index (χ4v) is 8.00. The third kappa shape index (κ3) is 2.80. The van der Waals surface area contributed by atoms with Crippen molar-refractivity contribution in [2.75, 3.05) is 6.61 Å². The Morgan fingerprint density at radius 1 is 1.24 bits per heavy atom. The quantitative estimate of drug-likeness (QED) is 0.438. The number of ether oxygens (including phenoxy) is 3. The molecule has 6 rings (SSSR count). The number of rotatable bonds is 6. The van der Waals surface area contributed by atoms with Gasteiger partial charge in [-0.25, -0.2) is 9.59 Å². The zero-order valence-electron chi connectivity index (χ0n) is 21.6. The number of aliphatic hydroxyl groups is 1. The van der Waals surface area contributed by atoms with Crippen LogP contribution in [0.25, 0.3) is 5.57 Å². The van der Waals surface area contributed by atoms with Crippen molar-refractivity contribution in [2.24, 2.45) is 16.7 Å². The second-order valence-electron chi connectivity index (χ2n) is 11.5. The summed E-state index contributed by atoms with van der Waals surface area (Å²) in [5.74, 6) is -0.688. The molecule has 2 aromatic rings. The van der Waals surface area contributed by atoms with Crippen LogP contribution < -0.4 is 5.32 Å². The lowest BCUT2D eigenvalue weighted by Crippen LogP contribution is -2.53. The van der Waals surface area contributed by atoms with Gasteiger partial charge in [0.1, 0.15) is 17.3 Å². The van der Waals surface area contributed by atoms with E-state index in [1.54, 1.807) is 13.0 Å². The average Bonchev–Trinajstić information content (AvgIpc) is 3.13. The third-order valence-corrected chi connectivity index (χ3v) is 9.96. The van der Waals surface area contributed by atoms with Gasteiger partial charge in [0.25, 0.3) is 0 Å². The van der Waals surface area contributed by atoms with Crippen molar-refractivity contribution in [1.82, 2.24) is 5.32 Å². The van der Waals surface area contributed by atoms with E-state index in [0.717, 1.165) is 11.1 Å². The first-order valence-corrected chi connectivity index (χ1v) is 12.9. The van der Waals surface area contributed by atoms with E-state index in [9.17, 15) is 14.7 Å². The summed E-state index contributed by atoms with van der Waals surface area (Å²) in [7, 11) is 0. The fourth-order valence-electron chi connectivity index (χ4n) is 8.00. The zero-order chi connectivity index (χ0) is 26.4. The molecule has 0 radical (unpaired) electrons. The van der Waals surface area contributed by atoms with Crippen LogP contribution in [0.15, 0.2) is 53.9 Å². The van der Waals surface area contributed by atoms with Gasteiger partial charge >= 0.3 is 12.1 Å². The first kappa shape index (κ1) is 24.2. The van der Waals surface area contributed by atoms with Crippen LogP contribution >= 0.6 is 0 Å². The van der Waals surface area contributed by atoms with Crippen molar-refractivity contribution in [3.63, 3.8) is 0 Å². The van der Waals surface area contributed by atoms with Gasteiger partial charge < -0.3 is 29.1 Å². The van der Waals surface area contributed by atoms with E-state index >= 15 is 0 Å². The number of amides is 1. The van der Waals surface area contributed by atoms with Crippen molar-refractivity contribution < 1.29 is 33.3 Å². The van der Waals surface area contributed by atoms with E-state index in [4.69, 9.17) is 18.6 Å². The number of epoxide rings is 1. The minimum absolute atomic E-state index is 0.122. The molecule has 0 spiro atoms. The van der Waals surface area contributed by atoms with E-state index in [-0.39, 0.29) is 17.9 Å². The highest BCUT2D eigenvalue weighted by Gasteiger charge is 2.95. The molecule has 4 aliphatic rings. The van der Waals surface area contributed by atoms with Gasteiger partial charge in [-0.1, -0.05) is 51.6 Å².